The summed E-state index contributed by atoms with van der Waals surface area (Å²) in [7, 11) is -2.35. The zero-order chi connectivity index (χ0) is 11.5. The van der Waals surface area contributed by atoms with Gasteiger partial charge in [0.1, 0.15) is 0 Å². The van der Waals surface area contributed by atoms with Crippen LogP contribution >= 0.6 is 0 Å². The first-order chi connectivity index (χ1) is 6.97. The van der Waals surface area contributed by atoms with Crippen molar-refractivity contribution in [2.24, 2.45) is 0 Å². The average Bonchev–Trinajstić information content (AvgIpc) is 2.18. The molecule has 82 valence electrons. The van der Waals surface area contributed by atoms with Crippen LogP contribution < -0.4 is 10.3 Å². The summed E-state index contributed by atoms with van der Waals surface area (Å²) in [6, 6.07) is 4.78. The molecule has 2 N–H and O–H groups in total. The fourth-order valence-electron chi connectivity index (χ4n) is 0.958. The van der Waals surface area contributed by atoms with Crippen LogP contribution in [0.5, 0.6) is 0 Å². The SMILES string of the molecule is CNNS(=O)(=O)c1cccc([N+](=O)[O-])c1. The third-order valence-electron chi connectivity index (χ3n) is 1.58. The smallest absolute Gasteiger partial charge is 0.258 e. The molecule has 0 unspecified atom stereocenters. The Hall–Kier alpha value is -1.51. The molecule has 0 aromatic heterocycles. The Bertz CT molecular complexity index is 471. The number of nitrogens with one attached hydrogen (secondary N) is 2. The van der Waals surface area contributed by atoms with E-state index in [1.54, 1.807) is 0 Å². The van der Waals surface area contributed by atoms with Gasteiger partial charge in [-0.25, -0.2) is 13.8 Å². The molecule has 0 aliphatic carbocycles. The van der Waals surface area contributed by atoms with Crippen LogP contribution in [-0.2, 0) is 10.0 Å². The summed E-state index contributed by atoms with van der Waals surface area (Å²) < 4.78 is 22.8. The lowest BCUT2D eigenvalue weighted by Gasteiger charge is -2.03. The number of nitro groups is 1. The summed E-state index contributed by atoms with van der Waals surface area (Å²) in [6.07, 6.45) is 0. The van der Waals surface area contributed by atoms with Crippen molar-refractivity contribution in [2.75, 3.05) is 7.05 Å². The van der Waals surface area contributed by atoms with E-state index in [9.17, 15) is 18.5 Å². The molecule has 15 heavy (non-hydrogen) atoms. The molecular weight excluding hydrogens is 222 g/mol. The van der Waals surface area contributed by atoms with Gasteiger partial charge in [-0.1, -0.05) is 6.07 Å². The number of hydrogen-bond donors (Lipinski definition) is 2. The molecule has 0 heterocycles. The maximum absolute atomic E-state index is 11.4. The van der Waals surface area contributed by atoms with E-state index in [-0.39, 0.29) is 10.6 Å². The summed E-state index contributed by atoms with van der Waals surface area (Å²) in [5, 5.41) is 10.4. The van der Waals surface area contributed by atoms with Gasteiger partial charge >= 0.3 is 0 Å². The molecule has 0 radical (unpaired) electrons. The summed E-state index contributed by atoms with van der Waals surface area (Å²) in [4.78, 5) is 11.6. The number of rotatable bonds is 4. The molecule has 1 aromatic carbocycles. The molecular formula is C7H9N3O4S. The van der Waals surface area contributed by atoms with Crippen LogP contribution in [-0.4, -0.2) is 20.4 Å². The Morgan fingerprint density at radius 2 is 2.07 bits per heavy atom. The van der Waals surface area contributed by atoms with Gasteiger partial charge in [0.2, 0.25) is 0 Å². The Labute approximate surface area is 86.3 Å². The van der Waals surface area contributed by atoms with Crippen LogP contribution in [0.2, 0.25) is 0 Å². The second-order valence-electron chi connectivity index (χ2n) is 2.61. The van der Waals surface area contributed by atoms with E-state index in [4.69, 9.17) is 0 Å². The zero-order valence-electron chi connectivity index (χ0n) is 7.80. The van der Waals surface area contributed by atoms with E-state index in [2.05, 4.69) is 5.43 Å². The van der Waals surface area contributed by atoms with Gasteiger partial charge in [0.05, 0.1) is 9.82 Å². The van der Waals surface area contributed by atoms with Crippen molar-refractivity contribution in [3.05, 3.63) is 34.4 Å². The van der Waals surface area contributed by atoms with Crippen LogP contribution in [0.1, 0.15) is 0 Å². The minimum absolute atomic E-state index is 0.161. The lowest BCUT2D eigenvalue weighted by Crippen LogP contribution is -2.34. The van der Waals surface area contributed by atoms with Gasteiger partial charge in [-0.2, -0.15) is 0 Å². The third kappa shape index (κ3) is 2.72. The molecule has 0 bridgehead atoms. The second kappa shape index (κ2) is 4.34. The number of benzene rings is 1. The molecule has 0 aliphatic heterocycles. The van der Waals surface area contributed by atoms with Crippen LogP contribution in [0.3, 0.4) is 0 Å². The zero-order valence-corrected chi connectivity index (χ0v) is 8.61. The average molecular weight is 231 g/mol. The Morgan fingerprint density at radius 1 is 1.40 bits per heavy atom. The maximum Gasteiger partial charge on any atom is 0.270 e. The number of hydrazine groups is 1. The lowest BCUT2D eigenvalue weighted by atomic mass is 10.3. The molecule has 0 fully saturated rings. The second-order valence-corrected chi connectivity index (χ2v) is 4.29. The van der Waals surface area contributed by atoms with Crippen molar-refractivity contribution >= 4 is 15.7 Å². The predicted molar refractivity (Wildman–Crippen MR) is 52.5 cm³/mol. The number of non-ortho nitro benzene ring substituents is 1. The number of nitro benzene ring substituents is 1. The van der Waals surface area contributed by atoms with Gasteiger partial charge < -0.3 is 0 Å². The van der Waals surface area contributed by atoms with Gasteiger partial charge in [0, 0.05) is 12.1 Å². The Morgan fingerprint density at radius 3 is 2.60 bits per heavy atom. The van der Waals surface area contributed by atoms with Crippen LogP contribution in [0, 0.1) is 10.1 Å². The molecule has 7 nitrogen and oxygen atoms in total. The Balaban J connectivity index is 3.16. The van der Waals surface area contributed by atoms with Gasteiger partial charge in [-0.15, -0.1) is 4.83 Å². The molecule has 0 atom stereocenters. The summed E-state index contributed by atoms with van der Waals surface area (Å²) >= 11 is 0. The van der Waals surface area contributed by atoms with Gasteiger partial charge in [-0.05, 0) is 13.1 Å². The molecule has 8 heteroatoms. The predicted octanol–water partition coefficient (Wildman–Crippen LogP) is 0.00750. The molecule has 0 spiro atoms. The highest BCUT2D eigenvalue weighted by atomic mass is 32.2. The van der Waals surface area contributed by atoms with Crippen molar-refractivity contribution in [1.82, 2.24) is 10.3 Å². The molecule has 0 aliphatic rings. The van der Waals surface area contributed by atoms with Gasteiger partial charge in [-0.3, -0.25) is 10.1 Å². The molecule has 1 aromatic rings. The molecule has 0 amide bonds. The first-order valence-electron chi connectivity index (χ1n) is 3.90. The van der Waals surface area contributed by atoms with E-state index < -0.39 is 14.9 Å². The van der Waals surface area contributed by atoms with E-state index in [1.165, 1.54) is 25.2 Å². The minimum atomic E-state index is -3.73. The maximum atomic E-state index is 11.4. The van der Waals surface area contributed by atoms with E-state index in [0.29, 0.717) is 0 Å². The fraction of sp³-hybridized carbons (Fsp3) is 0.143. The van der Waals surface area contributed by atoms with Crippen LogP contribution in [0.15, 0.2) is 29.2 Å². The number of hydrogen-bond acceptors (Lipinski definition) is 5. The third-order valence-corrected chi connectivity index (χ3v) is 2.92. The van der Waals surface area contributed by atoms with E-state index in [0.717, 1.165) is 6.07 Å². The summed E-state index contributed by atoms with van der Waals surface area (Å²) in [5.74, 6) is 0. The topological polar surface area (TPSA) is 101 Å². The lowest BCUT2D eigenvalue weighted by molar-refractivity contribution is -0.385. The molecule has 0 saturated carbocycles. The number of sulfonamides is 1. The normalized spacial score (nSPS) is 11.3. The first kappa shape index (κ1) is 11.6. The quantitative estimate of drug-likeness (QED) is 0.561. The Kier molecular flexibility index (Phi) is 3.35. The fourth-order valence-corrected chi connectivity index (χ4v) is 1.88. The van der Waals surface area contributed by atoms with Gasteiger partial charge in [0.15, 0.2) is 0 Å². The van der Waals surface area contributed by atoms with Crippen molar-refractivity contribution in [1.29, 1.82) is 0 Å². The van der Waals surface area contributed by atoms with E-state index in [1.807, 2.05) is 4.83 Å². The van der Waals surface area contributed by atoms with Crippen LogP contribution in [0.4, 0.5) is 5.69 Å². The summed E-state index contributed by atoms with van der Waals surface area (Å²) in [6.45, 7) is 0. The minimum Gasteiger partial charge on any atom is -0.258 e. The van der Waals surface area contributed by atoms with Gasteiger partial charge in [0.25, 0.3) is 15.7 Å². The number of nitrogens with zero attached hydrogens (tertiary/aromatic N) is 1. The van der Waals surface area contributed by atoms with Crippen molar-refractivity contribution in [2.45, 2.75) is 4.90 Å². The van der Waals surface area contributed by atoms with Crippen molar-refractivity contribution < 1.29 is 13.3 Å². The summed E-state index contributed by atoms with van der Waals surface area (Å²) in [5.41, 5.74) is 1.98. The molecule has 1 rings (SSSR count). The van der Waals surface area contributed by atoms with Crippen molar-refractivity contribution in [3.63, 3.8) is 0 Å². The van der Waals surface area contributed by atoms with Crippen LogP contribution in [0.25, 0.3) is 0 Å². The largest absolute Gasteiger partial charge is 0.270 e. The highest BCUT2D eigenvalue weighted by Gasteiger charge is 2.16. The monoisotopic (exact) mass is 231 g/mol. The highest BCUT2D eigenvalue weighted by Crippen LogP contribution is 2.16. The highest BCUT2D eigenvalue weighted by molar-refractivity contribution is 7.89. The van der Waals surface area contributed by atoms with E-state index >= 15 is 0 Å². The standard InChI is InChI=1S/C7H9N3O4S/c1-8-9-15(13,14)7-4-2-3-6(5-7)10(11)12/h2-5,8-9H,1H3. The first-order valence-corrected chi connectivity index (χ1v) is 5.38. The molecule has 0 saturated heterocycles. The van der Waals surface area contributed by atoms with Crippen molar-refractivity contribution in [3.8, 4) is 0 Å².